The Kier molecular flexibility index (Phi) is 8.62. The fraction of sp³-hybridized carbons (Fsp3) is 0.103. The number of allylic oxidation sites excluding steroid dienone is 2. The van der Waals surface area contributed by atoms with Crippen LogP contribution >= 0.6 is 0 Å². The molecule has 0 aliphatic carbocycles. The lowest BCUT2D eigenvalue weighted by Gasteiger charge is -2.10. The molecule has 6 heteroatoms. The number of phenols is 1. The number of amides is 2. The zero-order valence-corrected chi connectivity index (χ0v) is 19.7. The van der Waals surface area contributed by atoms with E-state index in [1.54, 1.807) is 68.6 Å². The van der Waals surface area contributed by atoms with E-state index >= 15 is 0 Å². The summed E-state index contributed by atoms with van der Waals surface area (Å²) in [6, 6.07) is 21.7. The van der Waals surface area contributed by atoms with Crippen LogP contribution in [0.1, 0.15) is 22.8 Å². The van der Waals surface area contributed by atoms with Gasteiger partial charge in [0, 0.05) is 19.2 Å². The highest BCUT2D eigenvalue weighted by molar-refractivity contribution is 5.97. The van der Waals surface area contributed by atoms with E-state index in [-0.39, 0.29) is 17.6 Å². The van der Waals surface area contributed by atoms with Crippen LogP contribution in [0.25, 0.3) is 11.1 Å². The lowest BCUT2D eigenvalue weighted by molar-refractivity contribution is -0.117. The number of hydrogen-bond acceptors (Lipinski definition) is 4. The Bertz CT molecular complexity index is 1260. The normalized spacial score (nSPS) is 11.2. The van der Waals surface area contributed by atoms with Crippen molar-refractivity contribution in [2.24, 2.45) is 0 Å². The number of hydrogen-bond donors (Lipinski definition) is 3. The van der Waals surface area contributed by atoms with Gasteiger partial charge in [-0.2, -0.15) is 0 Å². The Hall–Kier alpha value is -4.58. The molecule has 3 aromatic carbocycles. The third-order valence-electron chi connectivity index (χ3n) is 5.23. The fourth-order valence-corrected chi connectivity index (χ4v) is 3.29. The number of rotatable bonds is 9. The largest absolute Gasteiger partial charge is 0.508 e. The van der Waals surface area contributed by atoms with Crippen LogP contribution in [0.15, 0.2) is 109 Å². The predicted molar refractivity (Wildman–Crippen MR) is 138 cm³/mol. The van der Waals surface area contributed by atoms with E-state index in [4.69, 9.17) is 4.74 Å². The van der Waals surface area contributed by atoms with Gasteiger partial charge >= 0.3 is 0 Å². The van der Waals surface area contributed by atoms with Gasteiger partial charge in [-0.3, -0.25) is 9.59 Å². The van der Waals surface area contributed by atoms with E-state index in [1.165, 1.54) is 0 Å². The van der Waals surface area contributed by atoms with Crippen LogP contribution < -0.4 is 15.4 Å². The van der Waals surface area contributed by atoms with Crippen molar-refractivity contribution in [3.63, 3.8) is 0 Å². The summed E-state index contributed by atoms with van der Waals surface area (Å²) >= 11 is 0. The average Bonchev–Trinajstić information content (AvgIpc) is 2.88. The number of phenolic OH excluding ortho intramolecular Hbond substituents is 1. The lowest BCUT2D eigenvalue weighted by atomic mass is 10.0. The van der Waals surface area contributed by atoms with E-state index in [1.807, 2.05) is 36.4 Å². The minimum atomic E-state index is -0.262. The summed E-state index contributed by atoms with van der Waals surface area (Å²) in [6.45, 7) is 6.01. The molecule has 0 aliphatic heterocycles. The molecule has 0 aromatic heterocycles. The number of ether oxygens (including phenoxy) is 1. The lowest BCUT2D eigenvalue weighted by Crippen LogP contribution is -2.23. The van der Waals surface area contributed by atoms with Crippen molar-refractivity contribution < 1.29 is 19.4 Å². The second-order valence-electron chi connectivity index (χ2n) is 7.65. The van der Waals surface area contributed by atoms with E-state index in [2.05, 4.69) is 17.2 Å². The Morgan fingerprint density at radius 3 is 2.20 bits per heavy atom. The Morgan fingerprint density at radius 2 is 1.57 bits per heavy atom. The van der Waals surface area contributed by atoms with Gasteiger partial charge in [0.1, 0.15) is 17.3 Å². The topological polar surface area (TPSA) is 87.7 Å². The molecule has 0 spiro atoms. The van der Waals surface area contributed by atoms with Gasteiger partial charge in [-0.1, -0.05) is 61.2 Å². The van der Waals surface area contributed by atoms with Crippen molar-refractivity contribution >= 4 is 11.8 Å². The number of para-hydroxylation sites is 1. The van der Waals surface area contributed by atoms with Crippen LogP contribution in [0.5, 0.6) is 11.5 Å². The molecule has 0 saturated carbocycles. The Balaban J connectivity index is 1.57. The van der Waals surface area contributed by atoms with E-state index in [0.29, 0.717) is 29.2 Å². The SMILES string of the molecule is C=C(/C=C\C(=C/C)C(=O)NCc1ccc(-c2ccc(O)cc2)cc1)Oc1ccccc1C(=O)NC. The molecule has 0 bridgehead atoms. The second-order valence-corrected chi connectivity index (χ2v) is 7.65. The highest BCUT2D eigenvalue weighted by atomic mass is 16.5. The predicted octanol–water partition coefficient (Wildman–Crippen LogP) is 5.13. The van der Waals surface area contributed by atoms with Gasteiger partial charge in [0.2, 0.25) is 0 Å². The minimum absolute atomic E-state index is 0.228. The van der Waals surface area contributed by atoms with Gasteiger partial charge in [-0.25, -0.2) is 0 Å². The van der Waals surface area contributed by atoms with Crippen molar-refractivity contribution in [3.8, 4) is 22.6 Å². The molecule has 0 atom stereocenters. The first-order chi connectivity index (χ1) is 16.9. The van der Waals surface area contributed by atoms with Gasteiger partial charge in [0.05, 0.1) is 5.56 Å². The van der Waals surface area contributed by atoms with E-state index in [0.717, 1.165) is 16.7 Å². The summed E-state index contributed by atoms with van der Waals surface area (Å²) in [5, 5.41) is 14.9. The highest BCUT2D eigenvalue weighted by Crippen LogP contribution is 2.22. The van der Waals surface area contributed by atoms with E-state index in [9.17, 15) is 14.7 Å². The maximum absolute atomic E-state index is 12.6. The van der Waals surface area contributed by atoms with Gasteiger partial charge < -0.3 is 20.5 Å². The van der Waals surface area contributed by atoms with Crippen LogP contribution in [-0.2, 0) is 11.3 Å². The smallest absolute Gasteiger partial charge is 0.254 e. The number of carbonyl (C=O) groups is 2. The summed E-state index contributed by atoms with van der Waals surface area (Å²) in [5.41, 5.74) is 3.83. The zero-order chi connectivity index (χ0) is 25.2. The van der Waals surface area contributed by atoms with Crippen molar-refractivity contribution in [2.45, 2.75) is 13.5 Å². The van der Waals surface area contributed by atoms with Crippen molar-refractivity contribution in [2.75, 3.05) is 7.05 Å². The molecule has 3 aromatic rings. The monoisotopic (exact) mass is 468 g/mol. The molecule has 0 unspecified atom stereocenters. The number of carbonyl (C=O) groups excluding carboxylic acids is 2. The first-order valence-corrected chi connectivity index (χ1v) is 11.1. The molecule has 3 N–H and O–H groups in total. The molecule has 35 heavy (non-hydrogen) atoms. The van der Waals surface area contributed by atoms with Crippen molar-refractivity contribution in [3.05, 3.63) is 120 Å². The summed E-state index contributed by atoms with van der Waals surface area (Å²) in [7, 11) is 1.55. The first kappa shape index (κ1) is 25.1. The third kappa shape index (κ3) is 6.95. The molecule has 3 rings (SSSR count). The fourth-order valence-electron chi connectivity index (χ4n) is 3.29. The molecule has 0 heterocycles. The number of aromatic hydroxyl groups is 1. The zero-order valence-electron chi connectivity index (χ0n) is 19.7. The van der Waals surface area contributed by atoms with Crippen LogP contribution in [0.3, 0.4) is 0 Å². The molecule has 2 amide bonds. The molecule has 0 aliphatic rings. The molecular formula is C29H28N2O4. The highest BCUT2D eigenvalue weighted by Gasteiger charge is 2.11. The maximum atomic E-state index is 12.6. The van der Waals surface area contributed by atoms with Gasteiger partial charge in [0.25, 0.3) is 11.8 Å². The van der Waals surface area contributed by atoms with Crippen LogP contribution in [0.4, 0.5) is 0 Å². The summed E-state index contributed by atoms with van der Waals surface area (Å²) in [5.74, 6) is 0.403. The quantitative estimate of drug-likeness (QED) is 0.231. The van der Waals surface area contributed by atoms with Gasteiger partial charge in [-0.05, 0) is 60.0 Å². The maximum Gasteiger partial charge on any atom is 0.254 e. The molecule has 0 radical (unpaired) electrons. The third-order valence-corrected chi connectivity index (χ3v) is 5.23. The molecule has 0 saturated heterocycles. The second kappa shape index (κ2) is 12.0. The molecule has 6 nitrogen and oxygen atoms in total. The molecular weight excluding hydrogens is 440 g/mol. The molecule has 178 valence electrons. The Morgan fingerprint density at radius 1 is 0.943 bits per heavy atom. The summed E-state index contributed by atoms with van der Waals surface area (Å²) in [4.78, 5) is 24.6. The minimum Gasteiger partial charge on any atom is -0.508 e. The van der Waals surface area contributed by atoms with Crippen molar-refractivity contribution in [1.29, 1.82) is 0 Å². The number of nitrogens with one attached hydrogen (secondary N) is 2. The standard InChI is InChI=1S/C29H28N2O4/c1-4-22(12-9-20(2)35-27-8-6-5-7-26(27)29(34)30-3)28(33)31-19-21-10-13-23(14-11-21)24-15-17-25(32)18-16-24/h4-18,32H,2,19H2,1,3H3,(H,30,34)(H,31,33)/b12-9-,22-4+. The Labute approximate surface area is 205 Å². The molecule has 0 fully saturated rings. The summed E-state index contributed by atoms with van der Waals surface area (Å²) in [6.07, 6.45) is 4.90. The van der Waals surface area contributed by atoms with Gasteiger partial charge in [0.15, 0.2) is 0 Å². The van der Waals surface area contributed by atoms with Crippen LogP contribution in [0.2, 0.25) is 0 Å². The summed E-state index contributed by atoms with van der Waals surface area (Å²) < 4.78 is 5.71. The van der Waals surface area contributed by atoms with Crippen molar-refractivity contribution in [1.82, 2.24) is 10.6 Å². The van der Waals surface area contributed by atoms with E-state index < -0.39 is 0 Å². The number of benzene rings is 3. The van der Waals surface area contributed by atoms with Crippen LogP contribution in [-0.4, -0.2) is 24.0 Å². The average molecular weight is 469 g/mol. The van der Waals surface area contributed by atoms with Crippen LogP contribution in [0, 0.1) is 0 Å². The first-order valence-electron chi connectivity index (χ1n) is 11.1. The van der Waals surface area contributed by atoms with Gasteiger partial charge in [-0.15, -0.1) is 0 Å².